The lowest BCUT2D eigenvalue weighted by molar-refractivity contribution is -0.126. The summed E-state index contributed by atoms with van der Waals surface area (Å²) < 4.78 is 10.6. The van der Waals surface area contributed by atoms with Crippen LogP contribution >= 0.6 is 0 Å². The molecule has 1 heterocycles. The molecule has 1 aliphatic carbocycles. The lowest BCUT2D eigenvalue weighted by Gasteiger charge is -2.22. The average Bonchev–Trinajstić information content (AvgIpc) is 3.04. The van der Waals surface area contributed by atoms with E-state index < -0.39 is 5.54 Å². The van der Waals surface area contributed by atoms with E-state index in [1.54, 1.807) is 0 Å². The molecule has 0 unspecified atom stereocenters. The lowest BCUT2D eigenvalue weighted by atomic mass is 9.98. The van der Waals surface area contributed by atoms with Gasteiger partial charge in [0.1, 0.15) is 0 Å². The van der Waals surface area contributed by atoms with Crippen LogP contribution in [-0.4, -0.2) is 18.2 Å². The second-order valence-electron chi connectivity index (χ2n) is 5.23. The van der Waals surface area contributed by atoms with Crippen molar-refractivity contribution >= 4 is 5.91 Å². The van der Waals surface area contributed by atoms with Crippen LogP contribution in [0, 0.1) is 0 Å². The van der Waals surface area contributed by atoms with Gasteiger partial charge in [-0.1, -0.05) is 18.9 Å². The highest BCUT2D eigenvalue weighted by Gasteiger charge is 2.36. The fourth-order valence-electron chi connectivity index (χ4n) is 2.64. The van der Waals surface area contributed by atoms with E-state index >= 15 is 0 Å². The van der Waals surface area contributed by atoms with Crippen LogP contribution in [0.3, 0.4) is 0 Å². The Hall–Kier alpha value is -1.75. The van der Waals surface area contributed by atoms with Gasteiger partial charge in [0.25, 0.3) is 0 Å². The SMILES string of the molecule is NC1(C(=O)NCc2ccc3c(c2)OCO3)CCCC1. The molecule has 3 rings (SSSR count). The standard InChI is InChI=1S/C14H18N2O3/c15-14(5-1-2-6-14)13(17)16-8-10-3-4-11-12(7-10)19-9-18-11/h3-4,7H,1-2,5-6,8-9,15H2,(H,16,17). The number of fused-ring (bicyclic) bond motifs is 1. The summed E-state index contributed by atoms with van der Waals surface area (Å²) in [7, 11) is 0. The molecule has 0 spiro atoms. The van der Waals surface area contributed by atoms with Crippen molar-refractivity contribution in [2.24, 2.45) is 5.73 Å². The number of carbonyl (C=O) groups is 1. The van der Waals surface area contributed by atoms with E-state index in [9.17, 15) is 4.79 Å². The molecule has 1 aromatic rings. The van der Waals surface area contributed by atoms with Gasteiger partial charge in [0.15, 0.2) is 11.5 Å². The number of amides is 1. The first-order valence-electron chi connectivity index (χ1n) is 6.63. The predicted octanol–water partition coefficient (Wildman–Crippen LogP) is 1.30. The fourth-order valence-corrected chi connectivity index (χ4v) is 2.64. The third kappa shape index (κ3) is 2.38. The van der Waals surface area contributed by atoms with Crippen molar-refractivity contribution < 1.29 is 14.3 Å². The highest BCUT2D eigenvalue weighted by Crippen LogP contribution is 2.32. The van der Waals surface area contributed by atoms with Crippen molar-refractivity contribution in [2.45, 2.75) is 37.8 Å². The van der Waals surface area contributed by atoms with Crippen molar-refractivity contribution in [1.29, 1.82) is 0 Å². The summed E-state index contributed by atoms with van der Waals surface area (Å²) in [4.78, 5) is 12.1. The number of ether oxygens (including phenoxy) is 2. The molecule has 0 saturated heterocycles. The molecule has 3 N–H and O–H groups in total. The first-order valence-corrected chi connectivity index (χ1v) is 6.63. The van der Waals surface area contributed by atoms with Gasteiger partial charge in [0.05, 0.1) is 5.54 Å². The zero-order valence-corrected chi connectivity index (χ0v) is 10.8. The van der Waals surface area contributed by atoms with E-state index in [-0.39, 0.29) is 12.7 Å². The zero-order chi connectivity index (χ0) is 13.3. The minimum atomic E-state index is -0.670. The van der Waals surface area contributed by atoms with Crippen LogP contribution in [-0.2, 0) is 11.3 Å². The fraction of sp³-hybridized carbons (Fsp3) is 0.500. The summed E-state index contributed by atoms with van der Waals surface area (Å²) in [6, 6.07) is 5.67. The minimum Gasteiger partial charge on any atom is -0.454 e. The first-order chi connectivity index (χ1) is 9.17. The molecule has 5 nitrogen and oxygen atoms in total. The van der Waals surface area contributed by atoms with Crippen LogP contribution in [0.5, 0.6) is 11.5 Å². The van der Waals surface area contributed by atoms with E-state index in [1.165, 1.54) is 0 Å². The second kappa shape index (κ2) is 4.74. The molecule has 0 bridgehead atoms. The molecule has 0 radical (unpaired) electrons. The van der Waals surface area contributed by atoms with E-state index in [1.807, 2.05) is 18.2 Å². The average molecular weight is 262 g/mol. The van der Waals surface area contributed by atoms with Crippen molar-refractivity contribution in [3.8, 4) is 11.5 Å². The van der Waals surface area contributed by atoms with Crippen molar-refractivity contribution in [2.75, 3.05) is 6.79 Å². The van der Waals surface area contributed by atoms with Gasteiger partial charge in [0, 0.05) is 6.54 Å². The number of nitrogens with two attached hydrogens (primary N) is 1. The van der Waals surface area contributed by atoms with Gasteiger partial charge in [-0.25, -0.2) is 0 Å². The van der Waals surface area contributed by atoms with E-state index in [4.69, 9.17) is 15.2 Å². The molecule has 102 valence electrons. The molecule has 1 aromatic carbocycles. The summed E-state index contributed by atoms with van der Waals surface area (Å²) >= 11 is 0. The zero-order valence-electron chi connectivity index (χ0n) is 10.8. The van der Waals surface area contributed by atoms with Crippen LogP contribution in [0.15, 0.2) is 18.2 Å². The summed E-state index contributed by atoms with van der Waals surface area (Å²) in [6.07, 6.45) is 3.63. The molecular formula is C14H18N2O3. The van der Waals surface area contributed by atoms with Gasteiger partial charge < -0.3 is 20.5 Å². The number of hydrogen-bond acceptors (Lipinski definition) is 4. The Labute approximate surface area is 112 Å². The van der Waals surface area contributed by atoms with Crippen molar-refractivity contribution in [3.05, 3.63) is 23.8 Å². The summed E-state index contributed by atoms with van der Waals surface area (Å²) in [5.74, 6) is 1.43. The van der Waals surface area contributed by atoms with Gasteiger partial charge in [-0.15, -0.1) is 0 Å². The number of rotatable bonds is 3. The van der Waals surface area contributed by atoms with E-state index in [0.29, 0.717) is 6.54 Å². The van der Waals surface area contributed by atoms with Crippen LogP contribution in [0.1, 0.15) is 31.2 Å². The molecular weight excluding hydrogens is 244 g/mol. The molecule has 0 aromatic heterocycles. The molecule has 19 heavy (non-hydrogen) atoms. The first kappa shape index (κ1) is 12.3. The topological polar surface area (TPSA) is 73.6 Å². The highest BCUT2D eigenvalue weighted by atomic mass is 16.7. The maximum atomic E-state index is 12.1. The summed E-state index contributed by atoms with van der Waals surface area (Å²) in [5.41, 5.74) is 6.42. The Morgan fingerprint density at radius 1 is 1.26 bits per heavy atom. The van der Waals surface area contributed by atoms with Gasteiger partial charge in [-0.2, -0.15) is 0 Å². The lowest BCUT2D eigenvalue weighted by Crippen LogP contribution is -2.51. The number of carbonyl (C=O) groups excluding carboxylic acids is 1. The molecule has 1 amide bonds. The highest BCUT2D eigenvalue weighted by molar-refractivity contribution is 5.86. The Kier molecular flexibility index (Phi) is 3.06. The molecule has 1 saturated carbocycles. The molecule has 2 aliphatic rings. The largest absolute Gasteiger partial charge is 0.454 e. The third-order valence-corrected chi connectivity index (χ3v) is 3.84. The summed E-state index contributed by atoms with van der Waals surface area (Å²) in [6.45, 7) is 0.728. The molecule has 5 heteroatoms. The van der Waals surface area contributed by atoms with Crippen LogP contribution < -0.4 is 20.5 Å². The number of nitrogens with one attached hydrogen (secondary N) is 1. The van der Waals surface area contributed by atoms with Crippen LogP contribution in [0.4, 0.5) is 0 Å². The van der Waals surface area contributed by atoms with Gasteiger partial charge >= 0.3 is 0 Å². The van der Waals surface area contributed by atoms with Gasteiger partial charge in [0.2, 0.25) is 12.7 Å². The number of benzene rings is 1. The summed E-state index contributed by atoms with van der Waals surface area (Å²) in [5, 5.41) is 2.91. The van der Waals surface area contributed by atoms with Crippen LogP contribution in [0.2, 0.25) is 0 Å². The van der Waals surface area contributed by atoms with E-state index in [0.717, 1.165) is 42.7 Å². The second-order valence-corrected chi connectivity index (χ2v) is 5.23. The minimum absolute atomic E-state index is 0.0531. The molecule has 1 aliphatic heterocycles. The third-order valence-electron chi connectivity index (χ3n) is 3.84. The predicted molar refractivity (Wildman–Crippen MR) is 69.8 cm³/mol. The Morgan fingerprint density at radius 2 is 2.00 bits per heavy atom. The van der Waals surface area contributed by atoms with Gasteiger partial charge in [-0.3, -0.25) is 4.79 Å². The normalized spacial score (nSPS) is 19.4. The van der Waals surface area contributed by atoms with Gasteiger partial charge in [-0.05, 0) is 30.5 Å². The Morgan fingerprint density at radius 3 is 2.79 bits per heavy atom. The maximum Gasteiger partial charge on any atom is 0.240 e. The Bertz CT molecular complexity index is 495. The smallest absolute Gasteiger partial charge is 0.240 e. The molecule has 1 fully saturated rings. The monoisotopic (exact) mass is 262 g/mol. The molecule has 0 atom stereocenters. The van der Waals surface area contributed by atoms with Crippen molar-refractivity contribution in [1.82, 2.24) is 5.32 Å². The van der Waals surface area contributed by atoms with Crippen LogP contribution in [0.25, 0.3) is 0 Å². The quantitative estimate of drug-likeness (QED) is 0.861. The Balaban J connectivity index is 1.61. The number of hydrogen-bond donors (Lipinski definition) is 2. The van der Waals surface area contributed by atoms with Crippen molar-refractivity contribution in [3.63, 3.8) is 0 Å². The maximum absolute atomic E-state index is 12.1. The van der Waals surface area contributed by atoms with E-state index in [2.05, 4.69) is 5.32 Å².